The van der Waals surface area contributed by atoms with Gasteiger partial charge in [0, 0.05) is 8.99 Å². The Balaban J connectivity index is 2.87. The summed E-state index contributed by atoms with van der Waals surface area (Å²) >= 11 is 8.18. The van der Waals surface area contributed by atoms with Gasteiger partial charge in [-0.1, -0.05) is 32.4 Å². The number of rotatable bonds is 1. The SMILES string of the molecule is CC(C)(C)C(=O)Nc1ccc(I)cc1Cl. The normalized spacial score (nSPS) is 11.3. The molecule has 4 heteroatoms. The lowest BCUT2D eigenvalue weighted by atomic mass is 9.95. The number of hydrogen-bond donors (Lipinski definition) is 1. The standard InChI is InChI=1S/C11H13ClINO/c1-11(2,3)10(15)14-9-5-4-7(13)6-8(9)12/h4-6H,1-3H3,(H,14,15). The van der Waals surface area contributed by atoms with Crippen LogP contribution < -0.4 is 5.32 Å². The van der Waals surface area contributed by atoms with E-state index < -0.39 is 5.41 Å². The molecular formula is C11H13ClINO. The fourth-order valence-corrected chi connectivity index (χ4v) is 1.80. The summed E-state index contributed by atoms with van der Waals surface area (Å²) in [6.45, 7) is 5.59. The number of amides is 1. The summed E-state index contributed by atoms with van der Waals surface area (Å²) < 4.78 is 1.05. The van der Waals surface area contributed by atoms with Crippen LogP contribution in [0.15, 0.2) is 18.2 Å². The van der Waals surface area contributed by atoms with Gasteiger partial charge in [-0.15, -0.1) is 0 Å². The maximum atomic E-state index is 11.7. The van der Waals surface area contributed by atoms with Crippen LogP contribution in [0.25, 0.3) is 0 Å². The van der Waals surface area contributed by atoms with Crippen molar-refractivity contribution >= 4 is 45.8 Å². The molecule has 0 fully saturated rings. The minimum Gasteiger partial charge on any atom is -0.324 e. The molecule has 0 radical (unpaired) electrons. The molecule has 15 heavy (non-hydrogen) atoms. The van der Waals surface area contributed by atoms with Crippen LogP contribution in [0.1, 0.15) is 20.8 Å². The second-order valence-electron chi connectivity index (χ2n) is 4.33. The van der Waals surface area contributed by atoms with Crippen LogP contribution in [0.3, 0.4) is 0 Å². The molecule has 0 aliphatic heterocycles. The lowest BCUT2D eigenvalue weighted by Gasteiger charge is -2.18. The van der Waals surface area contributed by atoms with Crippen molar-refractivity contribution in [2.45, 2.75) is 20.8 Å². The Morgan fingerprint density at radius 1 is 1.40 bits per heavy atom. The van der Waals surface area contributed by atoms with Crippen molar-refractivity contribution in [3.63, 3.8) is 0 Å². The van der Waals surface area contributed by atoms with Crippen molar-refractivity contribution < 1.29 is 4.79 Å². The van der Waals surface area contributed by atoms with Gasteiger partial charge in [0.2, 0.25) is 5.91 Å². The first-order valence-corrected chi connectivity index (χ1v) is 6.03. The molecule has 0 spiro atoms. The van der Waals surface area contributed by atoms with Crippen LogP contribution in [-0.2, 0) is 4.79 Å². The average molecular weight is 338 g/mol. The highest BCUT2D eigenvalue weighted by Gasteiger charge is 2.21. The maximum absolute atomic E-state index is 11.7. The van der Waals surface area contributed by atoms with Crippen molar-refractivity contribution in [1.29, 1.82) is 0 Å². The monoisotopic (exact) mass is 337 g/mol. The van der Waals surface area contributed by atoms with Crippen LogP contribution in [0, 0.1) is 8.99 Å². The Kier molecular flexibility index (Phi) is 4.00. The van der Waals surface area contributed by atoms with Crippen molar-refractivity contribution in [2.24, 2.45) is 5.41 Å². The zero-order valence-corrected chi connectivity index (χ0v) is 11.8. The van der Waals surface area contributed by atoms with Crippen molar-refractivity contribution in [1.82, 2.24) is 0 Å². The van der Waals surface area contributed by atoms with E-state index in [9.17, 15) is 4.79 Å². The van der Waals surface area contributed by atoms with E-state index in [4.69, 9.17) is 11.6 Å². The summed E-state index contributed by atoms with van der Waals surface area (Å²) in [4.78, 5) is 11.7. The Bertz CT molecular complexity index is 385. The average Bonchev–Trinajstić information content (AvgIpc) is 2.08. The molecule has 0 unspecified atom stereocenters. The molecule has 0 aromatic heterocycles. The fraction of sp³-hybridized carbons (Fsp3) is 0.364. The lowest BCUT2D eigenvalue weighted by Crippen LogP contribution is -2.27. The second-order valence-corrected chi connectivity index (χ2v) is 5.98. The molecule has 82 valence electrons. The molecule has 0 aliphatic carbocycles. The highest BCUT2D eigenvalue weighted by molar-refractivity contribution is 14.1. The van der Waals surface area contributed by atoms with E-state index in [1.807, 2.05) is 39.0 Å². The number of anilines is 1. The first kappa shape index (κ1) is 12.8. The zero-order valence-electron chi connectivity index (χ0n) is 8.90. The van der Waals surface area contributed by atoms with Gasteiger partial charge in [-0.25, -0.2) is 0 Å². The number of benzene rings is 1. The quantitative estimate of drug-likeness (QED) is 0.773. The molecule has 0 saturated carbocycles. The smallest absolute Gasteiger partial charge is 0.229 e. The third kappa shape index (κ3) is 3.65. The molecule has 2 nitrogen and oxygen atoms in total. The van der Waals surface area contributed by atoms with Gasteiger partial charge in [0.15, 0.2) is 0 Å². The topological polar surface area (TPSA) is 29.1 Å². The predicted molar refractivity (Wildman–Crippen MR) is 72.3 cm³/mol. The first-order chi connectivity index (χ1) is 6.80. The van der Waals surface area contributed by atoms with Gasteiger partial charge >= 0.3 is 0 Å². The molecule has 1 aromatic rings. The van der Waals surface area contributed by atoms with Crippen molar-refractivity contribution in [3.8, 4) is 0 Å². The second kappa shape index (κ2) is 4.70. The number of halogens is 2. The Labute approximate surface area is 109 Å². The number of nitrogens with one attached hydrogen (secondary N) is 1. The van der Waals surface area contributed by atoms with Gasteiger partial charge in [-0.2, -0.15) is 0 Å². The largest absolute Gasteiger partial charge is 0.324 e. The Morgan fingerprint density at radius 2 is 2.00 bits per heavy atom. The zero-order chi connectivity index (χ0) is 11.6. The fourth-order valence-electron chi connectivity index (χ4n) is 0.901. The molecule has 0 aliphatic rings. The maximum Gasteiger partial charge on any atom is 0.229 e. The van der Waals surface area contributed by atoms with Gasteiger partial charge in [-0.05, 0) is 40.8 Å². The summed E-state index contributed by atoms with van der Waals surface area (Å²) in [6, 6.07) is 5.54. The van der Waals surface area contributed by atoms with E-state index >= 15 is 0 Å². The summed E-state index contributed by atoms with van der Waals surface area (Å²) in [5.74, 6) is -0.0365. The van der Waals surface area contributed by atoms with Crippen LogP contribution in [0.5, 0.6) is 0 Å². The summed E-state index contributed by atoms with van der Waals surface area (Å²) in [5.41, 5.74) is 0.254. The highest BCUT2D eigenvalue weighted by atomic mass is 127. The Hall–Kier alpha value is -0.290. The summed E-state index contributed by atoms with van der Waals surface area (Å²) in [5, 5.41) is 3.37. The molecule has 0 bridgehead atoms. The molecule has 1 amide bonds. The number of hydrogen-bond acceptors (Lipinski definition) is 1. The Morgan fingerprint density at radius 3 is 2.47 bits per heavy atom. The summed E-state index contributed by atoms with van der Waals surface area (Å²) in [6.07, 6.45) is 0. The van der Waals surface area contributed by atoms with Gasteiger partial charge in [-0.3, -0.25) is 4.79 Å². The van der Waals surface area contributed by atoms with Crippen LogP contribution in [0.4, 0.5) is 5.69 Å². The lowest BCUT2D eigenvalue weighted by molar-refractivity contribution is -0.123. The third-order valence-corrected chi connectivity index (χ3v) is 2.84. The molecule has 1 rings (SSSR count). The molecule has 0 heterocycles. The van der Waals surface area contributed by atoms with Gasteiger partial charge in [0.25, 0.3) is 0 Å². The third-order valence-electron chi connectivity index (χ3n) is 1.86. The minimum atomic E-state index is -0.410. The van der Waals surface area contributed by atoms with E-state index in [0.29, 0.717) is 10.7 Å². The molecule has 1 N–H and O–H groups in total. The molecule has 0 atom stereocenters. The van der Waals surface area contributed by atoms with Crippen LogP contribution >= 0.6 is 34.2 Å². The van der Waals surface area contributed by atoms with E-state index in [1.54, 1.807) is 0 Å². The number of carbonyl (C=O) groups excluding carboxylic acids is 1. The van der Waals surface area contributed by atoms with Crippen molar-refractivity contribution in [3.05, 3.63) is 26.8 Å². The van der Waals surface area contributed by atoms with Crippen LogP contribution in [-0.4, -0.2) is 5.91 Å². The van der Waals surface area contributed by atoms with Gasteiger partial charge < -0.3 is 5.32 Å². The minimum absolute atomic E-state index is 0.0365. The molecule has 0 saturated heterocycles. The van der Waals surface area contributed by atoms with E-state index in [-0.39, 0.29) is 5.91 Å². The predicted octanol–water partition coefficient (Wildman–Crippen LogP) is 3.93. The van der Waals surface area contributed by atoms with Crippen molar-refractivity contribution in [2.75, 3.05) is 5.32 Å². The van der Waals surface area contributed by atoms with E-state index in [2.05, 4.69) is 27.9 Å². The summed E-state index contributed by atoms with van der Waals surface area (Å²) in [7, 11) is 0. The van der Waals surface area contributed by atoms with E-state index in [1.165, 1.54) is 0 Å². The highest BCUT2D eigenvalue weighted by Crippen LogP contribution is 2.25. The number of carbonyl (C=O) groups is 1. The van der Waals surface area contributed by atoms with Gasteiger partial charge in [0.05, 0.1) is 10.7 Å². The van der Waals surface area contributed by atoms with Crippen LogP contribution in [0.2, 0.25) is 5.02 Å². The first-order valence-electron chi connectivity index (χ1n) is 4.57. The van der Waals surface area contributed by atoms with E-state index in [0.717, 1.165) is 3.57 Å². The molecule has 1 aromatic carbocycles. The van der Waals surface area contributed by atoms with Gasteiger partial charge in [0.1, 0.15) is 0 Å². The molecular weight excluding hydrogens is 324 g/mol.